The molecular weight excluding hydrogens is 366 g/mol. The minimum Gasteiger partial charge on any atom is -0.320 e. The summed E-state index contributed by atoms with van der Waals surface area (Å²) < 4.78 is 2.35. The van der Waals surface area contributed by atoms with Crippen LogP contribution in [0.3, 0.4) is 0 Å². The third-order valence-electron chi connectivity index (χ3n) is 5.79. The van der Waals surface area contributed by atoms with Gasteiger partial charge in [0.1, 0.15) is 5.82 Å². The van der Waals surface area contributed by atoms with Gasteiger partial charge in [-0.3, -0.25) is 0 Å². The van der Waals surface area contributed by atoms with E-state index < -0.39 is 0 Å². The predicted octanol–water partition coefficient (Wildman–Crippen LogP) is 5.76. The molecule has 0 radical (unpaired) electrons. The molecule has 1 N–H and O–H groups in total. The van der Waals surface area contributed by atoms with Crippen LogP contribution in [0.15, 0.2) is 42.5 Å². The first-order chi connectivity index (χ1) is 13.5. The van der Waals surface area contributed by atoms with Gasteiger partial charge in [0.05, 0.1) is 11.0 Å². The van der Waals surface area contributed by atoms with E-state index in [9.17, 15) is 0 Å². The molecule has 4 heteroatoms. The van der Waals surface area contributed by atoms with Crippen LogP contribution in [0.25, 0.3) is 16.6 Å². The number of imidazole rings is 1. The summed E-state index contributed by atoms with van der Waals surface area (Å²) in [6, 6.07) is 12.6. The fourth-order valence-electron chi connectivity index (χ4n) is 4.06. The van der Waals surface area contributed by atoms with E-state index >= 15 is 0 Å². The second-order valence-corrected chi connectivity index (χ2v) is 8.47. The van der Waals surface area contributed by atoms with Crippen molar-refractivity contribution in [2.24, 2.45) is 5.92 Å². The fraction of sp³-hybridized carbons (Fsp3) is 0.375. The zero-order valence-electron chi connectivity index (χ0n) is 16.9. The number of benzene rings is 2. The van der Waals surface area contributed by atoms with Crippen LogP contribution in [0.2, 0.25) is 5.02 Å². The molecule has 1 aliphatic rings. The Morgan fingerprint density at radius 3 is 2.68 bits per heavy atom. The third kappa shape index (κ3) is 4.01. The zero-order chi connectivity index (χ0) is 19.7. The number of hydrogen-bond donors (Lipinski definition) is 1. The zero-order valence-corrected chi connectivity index (χ0v) is 17.7. The minimum absolute atomic E-state index is 0.584. The van der Waals surface area contributed by atoms with Crippen LogP contribution < -0.4 is 5.32 Å². The maximum atomic E-state index is 6.08. The molecule has 2 heterocycles. The van der Waals surface area contributed by atoms with Gasteiger partial charge in [-0.15, -0.1) is 0 Å². The quantitative estimate of drug-likeness (QED) is 0.610. The van der Waals surface area contributed by atoms with Crippen LogP contribution in [0, 0.1) is 19.8 Å². The maximum Gasteiger partial charge on any atom is 0.136 e. The number of piperidine rings is 1. The lowest BCUT2D eigenvalue weighted by atomic mass is 9.97. The van der Waals surface area contributed by atoms with Crippen molar-refractivity contribution in [3.05, 3.63) is 70.0 Å². The molecule has 1 saturated heterocycles. The largest absolute Gasteiger partial charge is 0.320 e. The Hall–Kier alpha value is -2.10. The van der Waals surface area contributed by atoms with E-state index in [1.54, 1.807) is 0 Å². The van der Waals surface area contributed by atoms with Gasteiger partial charge in [-0.05, 0) is 92.6 Å². The van der Waals surface area contributed by atoms with Crippen LogP contribution in [-0.2, 0) is 6.54 Å². The van der Waals surface area contributed by atoms with Crippen molar-refractivity contribution >= 4 is 28.2 Å². The Bertz CT molecular complexity index is 1010. The number of nitrogens with one attached hydrogen (secondary N) is 1. The molecule has 1 unspecified atom stereocenters. The molecule has 1 aliphatic heterocycles. The van der Waals surface area contributed by atoms with E-state index in [0.29, 0.717) is 5.92 Å². The van der Waals surface area contributed by atoms with Crippen LogP contribution >= 0.6 is 11.6 Å². The Labute approximate surface area is 172 Å². The van der Waals surface area contributed by atoms with E-state index in [4.69, 9.17) is 16.6 Å². The van der Waals surface area contributed by atoms with E-state index in [0.717, 1.165) is 36.0 Å². The van der Waals surface area contributed by atoms with Crippen molar-refractivity contribution < 1.29 is 0 Å². The molecule has 0 bridgehead atoms. The van der Waals surface area contributed by atoms with Gasteiger partial charge in [0.15, 0.2) is 0 Å². The molecule has 0 spiro atoms. The molecule has 1 atom stereocenters. The van der Waals surface area contributed by atoms with Crippen molar-refractivity contribution in [3.63, 3.8) is 0 Å². The number of hydrogen-bond acceptors (Lipinski definition) is 2. The van der Waals surface area contributed by atoms with Crippen molar-refractivity contribution in [2.45, 2.75) is 40.2 Å². The summed E-state index contributed by atoms with van der Waals surface area (Å²) in [5, 5.41) is 4.28. The van der Waals surface area contributed by atoms with Gasteiger partial charge in [0, 0.05) is 18.1 Å². The van der Waals surface area contributed by atoms with Gasteiger partial charge in [-0.25, -0.2) is 4.98 Å². The number of aromatic nitrogens is 2. The van der Waals surface area contributed by atoms with Gasteiger partial charge in [0.25, 0.3) is 0 Å². The number of aryl methyl sites for hydroxylation is 2. The Morgan fingerprint density at radius 2 is 1.96 bits per heavy atom. The lowest BCUT2D eigenvalue weighted by Gasteiger charge is -2.20. The monoisotopic (exact) mass is 393 g/mol. The van der Waals surface area contributed by atoms with Crippen LogP contribution in [0.4, 0.5) is 0 Å². The summed E-state index contributed by atoms with van der Waals surface area (Å²) in [5.74, 6) is 1.65. The minimum atomic E-state index is 0.584. The van der Waals surface area contributed by atoms with Gasteiger partial charge >= 0.3 is 0 Å². The average molecular weight is 394 g/mol. The number of nitrogens with zero attached hydrogens (tertiary/aromatic N) is 2. The highest BCUT2D eigenvalue weighted by atomic mass is 35.5. The first kappa shape index (κ1) is 19.2. The summed E-state index contributed by atoms with van der Waals surface area (Å²) in [6.07, 6.45) is 4.90. The number of allylic oxidation sites excluding steroid dienone is 1. The summed E-state index contributed by atoms with van der Waals surface area (Å²) >= 11 is 6.08. The molecule has 3 aromatic rings. The fourth-order valence-corrected chi connectivity index (χ4v) is 4.19. The van der Waals surface area contributed by atoms with Crippen molar-refractivity contribution in [2.75, 3.05) is 13.1 Å². The Balaban J connectivity index is 1.79. The molecule has 28 heavy (non-hydrogen) atoms. The second-order valence-electron chi connectivity index (χ2n) is 8.03. The third-order valence-corrected chi connectivity index (χ3v) is 6.04. The first-order valence-corrected chi connectivity index (χ1v) is 10.5. The Kier molecular flexibility index (Phi) is 5.56. The lowest BCUT2D eigenvalue weighted by molar-refractivity contribution is 0.439. The first-order valence-electron chi connectivity index (χ1n) is 10.1. The van der Waals surface area contributed by atoms with Crippen molar-refractivity contribution in [3.8, 4) is 0 Å². The predicted molar refractivity (Wildman–Crippen MR) is 119 cm³/mol. The molecule has 1 fully saturated rings. The normalized spacial score (nSPS) is 18.0. The highest BCUT2D eigenvalue weighted by molar-refractivity contribution is 6.30. The SMILES string of the molecule is C/C(=C\C1CCCNC1)c1nc2cc(C)c(C)cc2n1Cc1ccc(Cl)cc1. The van der Waals surface area contributed by atoms with Gasteiger partial charge in [-0.2, -0.15) is 0 Å². The van der Waals surface area contributed by atoms with Crippen LogP contribution in [-0.4, -0.2) is 22.6 Å². The van der Waals surface area contributed by atoms with Crippen LogP contribution in [0.5, 0.6) is 0 Å². The van der Waals surface area contributed by atoms with Crippen molar-refractivity contribution in [1.82, 2.24) is 14.9 Å². The number of fused-ring (bicyclic) bond motifs is 1. The highest BCUT2D eigenvalue weighted by Crippen LogP contribution is 2.27. The molecular formula is C24H28ClN3. The number of rotatable bonds is 4. The average Bonchev–Trinajstić information content (AvgIpc) is 3.02. The molecule has 0 amide bonds. The second kappa shape index (κ2) is 8.10. The maximum absolute atomic E-state index is 6.08. The highest BCUT2D eigenvalue weighted by Gasteiger charge is 2.16. The van der Waals surface area contributed by atoms with E-state index in [2.05, 4.69) is 61.0 Å². The van der Waals surface area contributed by atoms with E-state index in [1.807, 2.05) is 12.1 Å². The molecule has 0 saturated carbocycles. The van der Waals surface area contributed by atoms with Gasteiger partial charge in [-0.1, -0.05) is 29.8 Å². The number of halogens is 1. The molecule has 1 aromatic heterocycles. The molecule has 146 valence electrons. The van der Waals surface area contributed by atoms with Gasteiger partial charge in [0.2, 0.25) is 0 Å². The molecule has 0 aliphatic carbocycles. The molecule has 2 aromatic carbocycles. The lowest BCUT2D eigenvalue weighted by Crippen LogP contribution is -2.28. The smallest absolute Gasteiger partial charge is 0.136 e. The molecule has 3 nitrogen and oxygen atoms in total. The summed E-state index contributed by atoms with van der Waals surface area (Å²) in [5.41, 5.74) is 7.34. The standard InChI is InChI=1S/C24H28ClN3/c1-16-12-22-23(13-17(16)2)28(15-19-6-8-21(25)9-7-19)24(27-22)18(3)11-20-5-4-10-26-14-20/h6-9,11-13,20,26H,4-5,10,14-15H2,1-3H3/b18-11+. The summed E-state index contributed by atoms with van der Waals surface area (Å²) in [6.45, 7) is 9.52. The van der Waals surface area contributed by atoms with Gasteiger partial charge < -0.3 is 9.88 Å². The summed E-state index contributed by atoms with van der Waals surface area (Å²) in [4.78, 5) is 5.04. The molecule has 4 rings (SSSR count). The van der Waals surface area contributed by atoms with Crippen LogP contribution in [0.1, 0.15) is 42.3 Å². The summed E-state index contributed by atoms with van der Waals surface area (Å²) in [7, 11) is 0. The Morgan fingerprint density at radius 1 is 1.21 bits per heavy atom. The topological polar surface area (TPSA) is 29.9 Å². The van der Waals surface area contributed by atoms with E-state index in [-0.39, 0.29) is 0 Å². The van der Waals surface area contributed by atoms with E-state index in [1.165, 1.54) is 40.6 Å². The van der Waals surface area contributed by atoms with Crippen molar-refractivity contribution in [1.29, 1.82) is 0 Å².